The summed E-state index contributed by atoms with van der Waals surface area (Å²) >= 11 is 3.32. The number of carbonyl (C=O) groups is 2. The van der Waals surface area contributed by atoms with Crippen molar-refractivity contribution in [3.8, 4) is 0 Å². The van der Waals surface area contributed by atoms with Crippen molar-refractivity contribution < 1.29 is 23.1 Å². The Hall–Kier alpha value is -2.28. The van der Waals surface area contributed by atoms with Crippen molar-refractivity contribution in [2.75, 3.05) is 7.11 Å². The van der Waals surface area contributed by atoms with E-state index >= 15 is 0 Å². The first-order valence-corrected chi connectivity index (χ1v) is 7.79. The fourth-order valence-corrected chi connectivity index (χ4v) is 2.60. The molecule has 0 unspecified atom stereocenters. The zero-order chi connectivity index (χ0) is 17.7. The maximum absolute atomic E-state index is 13.7. The summed E-state index contributed by atoms with van der Waals surface area (Å²) in [6, 6.07) is 9.39. The number of carbonyl (C=O) groups excluding carboxylic acids is 2. The van der Waals surface area contributed by atoms with Crippen LogP contribution >= 0.6 is 15.9 Å². The highest BCUT2D eigenvalue weighted by atomic mass is 79.9. The van der Waals surface area contributed by atoms with Crippen LogP contribution in [-0.2, 0) is 16.0 Å². The predicted molar refractivity (Wildman–Crippen MR) is 87.5 cm³/mol. The molecule has 2 rings (SSSR count). The number of amides is 1. The van der Waals surface area contributed by atoms with Gasteiger partial charge in [0.1, 0.15) is 6.04 Å². The summed E-state index contributed by atoms with van der Waals surface area (Å²) in [7, 11) is 1.19. The molecule has 0 bridgehead atoms. The molecule has 0 heterocycles. The van der Waals surface area contributed by atoms with Crippen molar-refractivity contribution in [3.05, 3.63) is 69.7 Å². The first-order chi connectivity index (χ1) is 11.4. The number of ether oxygens (including phenoxy) is 1. The molecule has 0 saturated heterocycles. The number of methoxy groups -OCH3 is 1. The minimum Gasteiger partial charge on any atom is -0.467 e. The summed E-state index contributed by atoms with van der Waals surface area (Å²) in [6.07, 6.45) is 0.148. The Labute approximate surface area is 145 Å². The van der Waals surface area contributed by atoms with Gasteiger partial charge in [0.2, 0.25) is 0 Å². The van der Waals surface area contributed by atoms with Crippen LogP contribution in [0.1, 0.15) is 15.9 Å². The number of rotatable bonds is 5. The lowest BCUT2D eigenvalue weighted by Gasteiger charge is -2.17. The summed E-state index contributed by atoms with van der Waals surface area (Å²) in [5.41, 5.74) is 0.290. The Balaban J connectivity index is 2.21. The number of hydrogen-bond acceptors (Lipinski definition) is 3. The second kappa shape index (κ2) is 8.01. The van der Waals surface area contributed by atoms with Crippen LogP contribution in [0.15, 0.2) is 46.9 Å². The molecule has 0 fully saturated rings. The summed E-state index contributed by atoms with van der Waals surface area (Å²) in [5, 5.41) is 2.38. The molecule has 2 aromatic rings. The van der Waals surface area contributed by atoms with Gasteiger partial charge in [-0.25, -0.2) is 13.6 Å². The average molecular weight is 398 g/mol. The highest BCUT2D eigenvalue weighted by Crippen LogP contribution is 2.15. The third-order valence-electron chi connectivity index (χ3n) is 3.32. The van der Waals surface area contributed by atoms with E-state index in [1.807, 2.05) is 6.07 Å². The Kier molecular flexibility index (Phi) is 6.03. The van der Waals surface area contributed by atoms with Gasteiger partial charge in [-0.2, -0.15) is 0 Å². The second-order valence-corrected chi connectivity index (χ2v) is 5.90. The molecule has 0 aliphatic heterocycles. The van der Waals surface area contributed by atoms with Gasteiger partial charge < -0.3 is 10.1 Å². The Morgan fingerprint density at radius 2 is 1.92 bits per heavy atom. The SMILES string of the molecule is COC(=O)[C@H](Cc1cccc(Br)c1)NC(=O)c1cccc(F)c1F. The maximum atomic E-state index is 13.7. The lowest BCUT2D eigenvalue weighted by Crippen LogP contribution is -2.43. The summed E-state index contributed by atoms with van der Waals surface area (Å²) in [4.78, 5) is 24.1. The average Bonchev–Trinajstić information content (AvgIpc) is 2.56. The molecule has 1 N–H and O–H groups in total. The van der Waals surface area contributed by atoms with Gasteiger partial charge in [0.05, 0.1) is 12.7 Å². The van der Waals surface area contributed by atoms with Crippen LogP contribution in [0.4, 0.5) is 8.78 Å². The van der Waals surface area contributed by atoms with Crippen LogP contribution in [0, 0.1) is 11.6 Å². The summed E-state index contributed by atoms with van der Waals surface area (Å²) in [5.74, 6) is -3.97. The lowest BCUT2D eigenvalue weighted by atomic mass is 10.1. The fraction of sp³-hybridized carbons (Fsp3) is 0.176. The molecule has 7 heteroatoms. The third-order valence-corrected chi connectivity index (χ3v) is 3.81. The fourth-order valence-electron chi connectivity index (χ4n) is 2.15. The van der Waals surface area contributed by atoms with Crippen molar-refractivity contribution >= 4 is 27.8 Å². The van der Waals surface area contributed by atoms with Crippen molar-refractivity contribution in [2.24, 2.45) is 0 Å². The number of nitrogens with one attached hydrogen (secondary N) is 1. The first kappa shape index (κ1) is 18.1. The predicted octanol–water partition coefficient (Wildman–Crippen LogP) is 3.24. The first-order valence-electron chi connectivity index (χ1n) is 6.99. The van der Waals surface area contributed by atoms with Gasteiger partial charge in [-0.05, 0) is 29.8 Å². The minimum absolute atomic E-state index is 0.148. The number of hydrogen-bond donors (Lipinski definition) is 1. The topological polar surface area (TPSA) is 55.4 Å². The molecule has 24 heavy (non-hydrogen) atoms. The normalized spacial score (nSPS) is 11.7. The van der Waals surface area contributed by atoms with Crippen LogP contribution in [0.3, 0.4) is 0 Å². The van der Waals surface area contributed by atoms with E-state index in [1.54, 1.807) is 18.2 Å². The van der Waals surface area contributed by atoms with Gasteiger partial charge in [-0.3, -0.25) is 4.79 Å². The molecule has 4 nitrogen and oxygen atoms in total. The van der Waals surface area contributed by atoms with Crippen molar-refractivity contribution in [1.29, 1.82) is 0 Å². The molecule has 0 aliphatic rings. The zero-order valence-electron chi connectivity index (χ0n) is 12.7. The number of halogens is 3. The van der Waals surface area contributed by atoms with E-state index in [0.717, 1.165) is 22.2 Å². The van der Waals surface area contributed by atoms with Gasteiger partial charge in [0.25, 0.3) is 5.91 Å². The Morgan fingerprint density at radius 1 is 1.21 bits per heavy atom. The maximum Gasteiger partial charge on any atom is 0.328 e. The Morgan fingerprint density at radius 3 is 2.58 bits per heavy atom. The van der Waals surface area contributed by atoms with E-state index in [-0.39, 0.29) is 6.42 Å². The van der Waals surface area contributed by atoms with Crippen molar-refractivity contribution in [2.45, 2.75) is 12.5 Å². The van der Waals surface area contributed by atoms with Crippen molar-refractivity contribution in [3.63, 3.8) is 0 Å². The number of benzene rings is 2. The van der Waals surface area contributed by atoms with Gasteiger partial charge >= 0.3 is 5.97 Å². The van der Waals surface area contributed by atoms with E-state index in [0.29, 0.717) is 0 Å². The highest BCUT2D eigenvalue weighted by molar-refractivity contribution is 9.10. The quantitative estimate of drug-likeness (QED) is 0.787. The smallest absolute Gasteiger partial charge is 0.328 e. The molecular formula is C17H14BrF2NO3. The standard InChI is InChI=1S/C17H14BrF2NO3/c1-24-17(23)14(9-10-4-2-5-11(18)8-10)21-16(22)12-6-3-7-13(19)15(12)20/h2-8,14H,9H2,1H3,(H,21,22)/t14-/m0/s1. The van der Waals surface area contributed by atoms with Gasteiger partial charge in [-0.1, -0.05) is 34.1 Å². The molecule has 2 aromatic carbocycles. The molecule has 0 aliphatic carbocycles. The summed E-state index contributed by atoms with van der Waals surface area (Å²) < 4.78 is 32.4. The van der Waals surface area contributed by atoms with Gasteiger partial charge in [-0.15, -0.1) is 0 Å². The molecule has 0 aromatic heterocycles. The molecule has 0 radical (unpaired) electrons. The van der Waals surface area contributed by atoms with Crippen LogP contribution in [0.25, 0.3) is 0 Å². The largest absolute Gasteiger partial charge is 0.467 e. The second-order valence-electron chi connectivity index (χ2n) is 4.98. The van der Waals surface area contributed by atoms with E-state index in [1.165, 1.54) is 13.2 Å². The minimum atomic E-state index is -1.26. The van der Waals surface area contributed by atoms with Crippen LogP contribution in [0.2, 0.25) is 0 Å². The van der Waals surface area contributed by atoms with E-state index in [9.17, 15) is 18.4 Å². The van der Waals surface area contributed by atoms with E-state index < -0.39 is 35.1 Å². The molecule has 1 atom stereocenters. The Bertz CT molecular complexity index is 767. The van der Waals surface area contributed by atoms with Crippen LogP contribution in [0.5, 0.6) is 0 Å². The zero-order valence-corrected chi connectivity index (χ0v) is 14.3. The van der Waals surface area contributed by atoms with E-state index in [4.69, 9.17) is 0 Å². The molecule has 1 amide bonds. The van der Waals surface area contributed by atoms with E-state index in [2.05, 4.69) is 26.0 Å². The molecule has 0 saturated carbocycles. The summed E-state index contributed by atoms with van der Waals surface area (Å²) in [6.45, 7) is 0. The molecular weight excluding hydrogens is 384 g/mol. The van der Waals surface area contributed by atoms with Crippen LogP contribution in [-0.4, -0.2) is 25.0 Å². The van der Waals surface area contributed by atoms with Crippen molar-refractivity contribution in [1.82, 2.24) is 5.32 Å². The number of esters is 1. The monoisotopic (exact) mass is 397 g/mol. The van der Waals surface area contributed by atoms with Gasteiger partial charge in [0.15, 0.2) is 11.6 Å². The lowest BCUT2D eigenvalue weighted by molar-refractivity contribution is -0.142. The molecule has 0 spiro atoms. The third kappa shape index (κ3) is 4.38. The molecule has 126 valence electrons. The van der Waals surface area contributed by atoms with Crippen LogP contribution < -0.4 is 5.32 Å². The van der Waals surface area contributed by atoms with Gasteiger partial charge in [0, 0.05) is 10.9 Å². The highest BCUT2D eigenvalue weighted by Gasteiger charge is 2.24.